The van der Waals surface area contributed by atoms with Crippen molar-refractivity contribution in [3.8, 4) is 0 Å². The van der Waals surface area contributed by atoms with Crippen molar-refractivity contribution in [3.63, 3.8) is 0 Å². The Morgan fingerprint density at radius 2 is 2.13 bits per heavy atom. The van der Waals surface area contributed by atoms with Crippen LogP contribution in [0.5, 0.6) is 0 Å². The van der Waals surface area contributed by atoms with Crippen LogP contribution in [0.2, 0.25) is 0 Å². The zero-order valence-electron chi connectivity index (χ0n) is 13.8. The molecule has 0 aliphatic heterocycles. The number of carboxylic acid groups (broad SMARTS) is 1. The van der Waals surface area contributed by atoms with E-state index in [1.165, 1.54) is 10.9 Å². The van der Waals surface area contributed by atoms with Crippen LogP contribution in [-0.4, -0.2) is 50.7 Å². The van der Waals surface area contributed by atoms with Crippen molar-refractivity contribution in [2.45, 2.75) is 58.7 Å². The van der Waals surface area contributed by atoms with E-state index in [1.807, 2.05) is 6.92 Å². The highest BCUT2D eigenvalue weighted by Gasteiger charge is 2.53. The molecule has 1 aliphatic carbocycles. The first-order valence-corrected chi connectivity index (χ1v) is 8.01. The van der Waals surface area contributed by atoms with E-state index in [-0.39, 0.29) is 35.7 Å². The number of hydrogen-bond acceptors (Lipinski definition) is 5. The summed E-state index contributed by atoms with van der Waals surface area (Å²) in [5, 5.41) is 19.0. The van der Waals surface area contributed by atoms with Gasteiger partial charge in [0.1, 0.15) is 6.54 Å². The number of hydrogen-bond donors (Lipinski definition) is 2. The maximum absolute atomic E-state index is 12.2. The van der Waals surface area contributed by atoms with Crippen molar-refractivity contribution in [2.24, 2.45) is 5.41 Å². The number of carbonyl (C=O) groups is 2. The van der Waals surface area contributed by atoms with Gasteiger partial charge in [-0.1, -0.05) is 19.1 Å². The minimum atomic E-state index is -1.16. The quantitative estimate of drug-likeness (QED) is 0.741. The smallest absolute Gasteiger partial charge is 0.358 e. The van der Waals surface area contributed by atoms with Gasteiger partial charge in [-0.25, -0.2) is 9.48 Å². The van der Waals surface area contributed by atoms with E-state index in [9.17, 15) is 9.59 Å². The summed E-state index contributed by atoms with van der Waals surface area (Å²) in [6.45, 7) is 6.84. The molecule has 128 valence electrons. The number of carbonyl (C=O) groups excluding carboxylic acids is 1. The molecule has 8 nitrogen and oxygen atoms in total. The molecule has 2 atom stereocenters. The molecule has 0 spiro atoms. The number of ether oxygens (including phenoxy) is 1. The Labute approximate surface area is 135 Å². The van der Waals surface area contributed by atoms with E-state index < -0.39 is 5.97 Å². The van der Waals surface area contributed by atoms with Crippen LogP contribution in [0, 0.1) is 5.41 Å². The Kier molecular flexibility index (Phi) is 5.35. The van der Waals surface area contributed by atoms with Crippen molar-refractivity contribution in [1.29, 1.82) is 0 Å². The largest absolute Gasteiger partial charge is 0.476 e. The molecule has 1 heterocycles. The molecule has 2 unspecified atom stereocenters. The van der Waals surface area contributed by atoms with Crippen molar-refractivity contribution < 1.29 is 19.4 Å². The van der Waals surface area contributed by atoms with Crippen LogP contribution in [0.4, 0.5) is 0 Å². The molecule has 2 N–H and O–H groups in total. The molecule has 0 radical (unpaired) electrons. The van der Waals surface area contributed by atoms with Crippen molar-refractivity contribution in [2.75, 3.05) is 6.61 Å². The highest BCUT2D eigenvalue weighted by Crippen LogP contribution is 2.48. The maximum Gasteiger partial charge on any atom is 0.358 e. The third-order valence-electron chi connectivity index (χ3n) is 4.87. The van der Waals surface area contributed by atoms with Gasteiger partial charge in [-0.3, -0.25) is 4.79 Å². The van der Waals surface area contributed by atoms with Crippen molar-refractivity contribution >= 4 is 11.9 Å². The lowest BCUT2D eigenvalue weighted by atomic mass is 9.58. The van der Waals surface area contributed by atoms with Gasteiger partial charge in [0.15, 0.2) is 5.69 Å². The van der Waals surface area contributed by atoms with E-state index in [4.69, 9.17) is 9.84 Å². The van der Waals surface area contributed by atoms with Crippen LogP contribution in [0.1, 0.15) is 50.5 Å². The molecule has 1 saturated carbocycles. The fourth-order valence-corrected chi connectivity index (χ4v) is 3.44. The second-order valence-electron chi connectivity index (χ2n) is 5.85. The Balaban J connectivity index is 1.95. The second kappa shape index (κ2) is 7.08. The van der Waals surface area contributed by atoms with Gasteiger partial charge < -0.3 is 15.2 Å². The highest BCUT2D eigenvalue weighted by atomic mass is 16.5. The van der Waals surface area contributed by atoms with Gasteiger partial charge in [0.2, 0.25) is 5.91 Å². The zero-order valence-corrected chi connectivity index (χ0v) is 13.8. The van der Waals surface area contributed by atoms with Gasteiger partial charge in [-0.15, -0.1) is 5.10 Å². The summed E-state index contributed by atoms with van der Waals surface area (Å²) in [6.07, 6.45) is 4.10. The summed E-state index contributed by atoms with van der Waals surface area (Å²) in [4.78, 5) is 23.0. The number of nitrogens with one attached hydrogen (secondary N) is 1. The Morgan fingerprint density at radius 1 is 1.43 bits per heavy atom. The molecular formula is C15H24N4O4. The summed E-state index contributed by atoms with van der Waals surface area (Å²) in [5.74, 6) is -1.36. The molecule has 8 heteroatoms. The normalized spacial score (nSPS) is 22.4. The molecule has 0 aromatic carbocycles. The molecule has 1 fully saturated rings. The highest BCUT2D eigenvalue weighted by molar-refractivity contribution is 5.84. The number of nitrogens with zero attached hydrogens (tertiary/aromatic N) is 3. The lowest BCUT2D eigenvalue weighted by Crippen LogP contribution is -2.64. The van der Waals surface area contributed by atoms with Crippen LogP contribution in [0.15, 0.2) is 6.20 Å². The van der Waals surface area contributed by atoms with E-state index >= 15 is 0 Å². The van der Waals surface area contributed by atoms with E-state index in [0.29, 0.717) is 6.61 Å². The number of aromatic nitrogens is 3. The first-order chi connectivity index (χ1) is 11.0. The fourth-order valence-electron chi connectivity index (χ4n) is 3.44. The Hall–Kier alpha value is -1.96. The monoisotopic (exact) mass is 324 g/mol. The van der Waals surface area contributed by atoms with Crippen LogP contribution in [0.3, 0.4) is 0 Å². The maximum atomic E-state index is 12.2. The molecule has 1 aromatic heterocycles. The molecule has 1 aliphatic rings. The molecule has 1 aromatic rings. The Bertz CT molecular complexity index is 568. The van der Waals surface area contributed by atoms with Gasteiger partial charge in [0.05, 0.1) is 12.3 Å². The third kappa shape index (κ3) is 3.36. The zero-order chi connectivity index (χ0) is 17.0. The lowest BCUT2D eigenvalue weighted by molar-refractivity contribution is -0.148. The van der Waals surface area contributed by atoms with Gasteiger partial charge in [0, 0.05) is 18.1 Å². The summed E-state index contributed by atoms with van der Waals surface area (Å²) < 4.78 is 7.02. The lowest BCUT2D eigenvalue weighted by Gasteiger charge is -2.55. The van der Waals surface area contributed by atoms with E-state index in [0.717, 1.165) is 19.3 Å². The second-order valence-corrected chi connectivity index (χ2v) is 5.85. The minimum Gasteiger partial charge on any atom is -0.476 e. The average Bonchev–Trinajstić information content (AvgIpc) is 2.96. The van der Waals surface area contributed by atoms with Gasteiger partial charge >= 0.3 is 5.97 Å². The molecule has 0 bridgehead atoms. The number of rotatable bonds is 8. The predicted molar refractivity (Wildman–Crippen MR) is 82.0 cm³/mol. The SMILES string of the molecule is CCOC1CC(NC(=O)Cn2cc(C(=O)O)nn2)C1(CC)CC. The van der Waals surface area contributed by atoms with Gasteiger partial charge in [0.25, 0.3) is 0 Å². The molecule has 23 heavy (non-hydrogen) atoms. The van der Waals surface area contributed by atoms with Gasteiger partial charge in [-0.05, 0) is 26.2 Å². The Morgan fingerprint density at radius 3 is 2.65 bits per heavy atom. The minimum absolute atomic E-state index is 0.0275. The van der Waals surface area contributed by atoms with Crippen LogP contribution in [0.25, 0.3) is 0 Å². The number of amides is 1. The van der Waals surface area contributed by atoms with E-state index in [2.05, 4.69) is 29.5 Å². The number of carboxylic acids is 1. The number of aromatic carboxylic acids is 1. The van der Waals surface area contributed by atoms with Crippen molar-refractivity contribution in [3.05, 3.63) is 11.9 Å². The van der Waals surface area contributed by atoms with Gasteiger partial charge in [-0.2, -0.15) is 0 Å². The molecule has 0 saturated heterocycles. The van der Waals surface area contributed by atoms with Crippen LogP contribution >= 0.6 is 0 Å². The molecular weight excluding hydrogens is 300 g/mol. The third-order valence-corrected chi connectivity index (χ3v) is 4.87. The summed E-state index contributed by atoms with van der Waals surface area (Å²) >= 11 is 0. The average molecular weight is 324 g/mol. The first-order valence-electron chi connectivity index (χ1n) is 8.01. The van der Waals surface area contributed by atoms with E-state index in [1.54, 1.807) is 0 Å². The summed E-state index contributed by atoms with van der Waals surface area (Å²) in [6, 6.07) is 0.0732. The summed E-state index contributed by atoms with van der Waals surface area (Å²) in [5.41, 5.74) is -0.199. The topological polar surface area (TPSA) is 106 Å². The first kappa shape index (κ1) is 17.4. The fraction of sp³-hybridized carbons (Fsp3) is 0.733. The predicted octanol–water partition coefficient (Wildman–Crippen LogP) is 1.08. The van der Waals surface area contributed by atoms with Crippen molar-refractivity contribution in [1.82, 2.24) is 20.3 Å². The molecule has 1 amide bonds. The standard InChI is InChI=1S/C15H24N4O4/c1-4-15(5-2)11(7-12(15)23-6-3)16-13(20)9-19-8-10(14(21)22)17-18-19/h8,11-12H,4-7,9H2,1-3H3,(H,16,20)(H,21,22). The summed E-state index contributed by atoms with van der Waals surface area (Å²) in [7, 11) is 0. The molecule has 2 rings (SSSR count). The van der Waals surface area contributed by atoms with Crippen LogP contribution in [-0.2, 0) is 16.1 Å². The van der Waals surface area contributed by atoms with Crippen LogP contribution < -0.4 is 5.32 Å².